The Morgan fingerprint density at radius 2 is 1.94 bits per heavy atom. The number of hydrogen-bond acceptors (Lipinski definition) is 2. The molecule has 0 amide bonds. The Morgan fingerprint density at radius 3 is 2.65 bits per heavy atom. The molecule has 0 bridgehead atoms. The Kier molecular flexibility index (Phi) is 3.55. The molecular formula is C15H24N2. The predicted molar refractivity (Wildman–Crippen MR) is 72.9 cm³/mol. The first-order chi connectivity index (χ1) is 7.96. The van der Waals surface area contributed by atoms with Crippen LogP contribution in [0.3, 0.4) is 0 Å². The van der Waals surface area contributed by atoms with E-state index in [1.807, 2.05) is 0 Å². The fourth-order valence-electron chi connectivity index (χ4n) is 2.52. The average molecular weight is 232 g/mol. The van der Waals surface area contributed by atoms with Gasteiger partial charge in [-0.15, -0.1) is 0 Å². The van der Waals surface area contributed by atoms with Gasteiger partial charge < -0.3 is 11.5 Å². The van der Waals surface area contributed by atoms with Gasteiger partial charge in [0.1, 0.15) is 0 Å². The van der Waals surface area contributed by atoms with Crippen LogP contribution in [-0.2, 0) is 12.8 Å². The molecule has 1 atom stereocenters. The zero-order chi connectivity index (χ0) is 12.5. The lowest BCUT2D eigenvalue weighted by atomic mass is 9.93. The maximum Gasteiger partial charge on any atom is 0.0295 e. The van der Waals surface area contributed by atoms with Crippen LogP contribution in [0.4, 0.5) is 0 Å². The van der Waals surface area contributed by atoms with Crippen molar-refractivity contribution in [2.24, 2.45) is 11.5 Å². The summed E-state index contributed by atoms with van der Waals surface area (Å²) in [5, 5.41) is 0. The standard InChI is InChI=1S/C15H24N2/c1-15(2,17)9-8-14(16)13-7-6-11-4-3-5-12(11)10-13/h6-7,10,14H,3-5,8-9,16-17H2,1-2H3. The summed E-state index contributed by atoms with van der Waals surface area (Å²) in [7, 11) is 0. The molecule has 0 spiro atoms. The summed E-state index contributed by atoms with van der Waals surface area (Å²) >= 11 is 0. The summed E-state index contributed by atoms with van der Waals surface area (Å²) in [6.07, 6.45) is 5.68. The van der Waals surface area contributed by atoms with Crippen LogP contribution in [0.1, 0.15) is 55.8 Å². The fraction of sp³-hybridized carbons (Fsp3) is 0.600. The van der Waals surface area contributed by atoms with Crippen molar-refractivity contribution >= 4 is 0 Å². The van der Waals surface area contributed by atoms with Crippen molar-refractivity contribution in [1.29, 1.82) is 0 Å². The van der Waals surface area contributed by atoms with Crippen molar-refractivity contribution in [2.45, 2.75) is 57.5 Å². The normalized spacial score (nSPS) is 16.9. The molecule has 1 aliphatic carbocycles. The maximum atomic E-state index is 6.24. The predicted octanol–water partition coefficient (Wildman–Crippen LogP) is 2.69. The van der Waals surface area contributed by atoms with Crippen molar-refractivity contribution in [1.82, 2.24) is 0 Å². The van der Waals surface area contributed by atoms with Gasteiger partial charge in [-0.2, -0.15) is 0 Å². The Morgan fingerprint density at radius 1 is 1.24 bits per heavy atom. The van der Waals surface area contributed by atoms with Gasteiger partial charge >= 0.3 is 0 Å². The van der Waals surface area contributed by atoms with Gasteiger partial charge in [0.2, 0.25) is 0 Å². The third-order valence-corrected chi connectivity index (χ3v) is 3.65. The molecule has 0 fully saturated rings. The number of fused-ring (bicyclic) bond motifs is 1. The number of aryl methyl sites for hydroxylation is 2. The Labute approximate surface area is 104 Å². The van der Waals surface area contributed by atoms with Crippen LogP contribution in [0.15, 0.2) is 18.2 Å². The van der Waals surface area contributed by atoms with E-state index >= 15 is 0 Å². The number of hydrogen-bond donors (Lipinski definition) is 2. The van der Waals surface area contributed by atoms with Gasteiger partial charge in [-0.3, -0.25) is 0 Å². The minimum atomic E-state index is -0.117. The van der Waals surface area contributed by atoms with Gasteiger partial charge in [0.15, 0.2) is 0 Å². The Hall–Kier alpha value is -0.860. The maximum absolute atomic E-state index is 6.24. The van der Waals surface area contributed by atoms with Gasteiger partial charge in [0.05, 0.1) is 0 Å². The zero-order valence-corrected chi connectivity index (χ0v) is 11.0. The molecule has 1 aliphatic rings. The molecule has 0 heterocycles. The van der Waals surface area contributed by atoms with E-state index < -0.39 is 0 Å². The first-order valence-electron chi connectivity index (χ1n) is 6.62. The van der Waals surface area contributed by atoms with E-state index in [0.29, 0.717) is 0 Å². The number of benzene rings is 1. The lowest BCUT2D eigenvalue weighted by molar-refractivity contribution is 0.433. The molecule has 2 heteroatoms. The second kappa shape index (κ2) is 4.79. The van der Waals surface area contributed by atoms with Gasteiger partial charge in [0.25, 0.3) is 0 Å². The van der Waals surface area contributed by atoms with E-state index in [2.05, 4.69) is 32.0 Å². The number of nitrogens with two attached hydrogens (primary N) is 2. The molecule has 0 saturated carbocycles. The lowest BCUT2D eigenvalue weighted by Crippen LogP contribution is -2.32. The molecule has 0 radical (unpaired) electrons. The van der Waals surface area contributed by atoms with Crippen LogP contribution in [0, 0.1) is 0 Å². The average Bonchev–Trinajstić information content (AvgIpc) is 2.71. The first-order valence-corrected chi connectivity index (χ1v) is 6.62. The minimum absolute atomic E-state index is 0.117. The summed E-state index contributed by atoms with van der Waals surface area (Å²) in [6.45, 7) is 4.12. The highest BCUT2D eigenvalue weighted by Crippen LogP contribution is 2.26. The molecule has 4 N–H and O–H groups in total. The van der Waals surface area contributed by atoms with Crippen LogP contribution in [0.5, 0.6) is 0 Å². The number of rotatable bonds is 4. The summed E-state index contributed by atoms with van der Waals surface area (Å²) in [5.74, 6) is 0. The second-order valence-electron chi connectivity index (χ2n) is 6.02. The minimum Gasteiger partial charge on any atom is -0.326 e. The highest BCUT2D eigenvalue weighted by molar-refractivity contribution is 5.36. The van der Waals surface area contributed by atoms with Gasteiger partial charge in [-0.25, -0.2) is 0 Å². The summed E-state index contributed by atoms with van der Waals surface area (Å²) in [4.78, 5) is 0. The molecule has 0 aromatic heterocycles. The molecule has 17 heavy (non-hydrogen) atoms. The van der Waals surface area contributed by atoms with E-state index in [1.165, 1.54) is 36.0 Å². The van der Waals surface area contributed by atoms with Gasteiger partial charge in [-0.1, -0.05) is 18.2 Å². The van der Waals surface area contributed by atoms with E-state index in [0.717, 1.165) is 12.8 Å². The van der Waals surface area contributed by atoms with Crippen LogP contribution < -0.4 is 11.5 Å². The topological polar surface area (TPSA) is 52.0 Å². The van der Waals surface area contributed by atoms with E-state index in [-0.39, 0.29) is 11.6 Å². The van der Waals surface area contributed by atoms with Crippen molar-refractivity contribution in [3.8, 4) is 0 Å². The van der Waals surface area contributed by atoms with Crippen LogP contribution in [0.2, 0.25) is 0 Å². The Bertz CT molecular complexity index is 390. The van der Waals surface area contributed by atoms with Crippen molar-refractivity contribution in [2.75, 3.05) is 0 Å². The summed E-state index contributed by atoms with van der Waals surface area (Å²) in [6, 6.07) is 6.88. The van der Waals surface area contributed by atoms with Crippen LogP contribution in [-0.4, -0.2) is 5.54 Å². The van der Waals surface area contributed by atoms with E-state index in [9.17, 15) is 0 Å². The molecular weight excluding hydrogens is 208 g/mol. The highest BCUT2D eigenvalue weighted by Gasteiger charge is 2.16. The molecule has 1 unspecified atom stereocenters. The molecule has 1 aromatic carbocycles. The largest absolute Gasteiger partial charge is 0.326 e. The molecule has 0 saturated heterocycles. The van der Waals surface area contributed by atoms with Crippen molar-refractivity contribution < 1.29 is 0 Å². The molecule has 0 aliphatic heterocycles. The lowest BCUT2D eigenvalue weighted by Gasteiger charge is -2.21. The second-order valence-corrected chi connectivity index (χ2v) is 6.02. The smallest absolute Gasteiger partial charge is 0.0295 e. The van der Waals surface area contributed by atoms with Gasteiger partial charge in [0, 0.05) is 11.6 Å². The van der Waals surface area contributed by atoms with E-state index in [4.69, 9.17) is 11.5 Å². The molecule has 2 nitrogen and oxygen atoms in total. The quantitative estimate of drug-likeness (QED) is 0.838. The highest BCUT2D eigenvalue weighted by atomic mass is 14.7. The van der Waals surface area contributed by atoms with Crippen molar-refractivity contribution in [3.05, 3.63) is 34.9 Å². The third kappa shape index (κ3) is 3.30. The Balaban J connectivity index is 2.02. The summed E-state index contributed by atoms with van der Waals surface area (Å²) < 4.78 is 0. The van der Waals surface area contributed by atoms with Crippen molar-refractivity contribution in [3.63, 3.8) is 0 Å². The molecule has 2 rings (SSSR count). The first kappa shape index (κ1) is 12.6. The van der Waals surface area contributed by atoms with E-state index in [1.54, 1.807) is 0 Å². The van der Waals surface area contributed by atoms with Gasteiger partial charge in [-0.05, 0) is 62.6 Å². The third-order valence-electron chi connectivity index (χ3n) is 3.65. The van der Waals surface area contributed by atoms with Crippen LogP contribution in [0.25, 0.3) is 0 Å². The zero-order valence-electron chi connectivity index (χ0n) is 11.0. The fourth-order valence-corrected chi connectivity index (χ4v) is 2.52. The summed E-state index contributed by atoms with van der Waals surface area (Å²) in [5.41, 5.74) is 16.4. The molecule has 94 valence electrons. The van der Waals surface area contributed by atoms with Crippen LogP contribution >= 0.6 is 0 Å². The monoisotopic (exact) mass is 232 g/mol. The SMILES string of the molecule is CC(C)(N)CCC(N)c1ccc2c(c1)CCC2. The molecule has 1 aromatic rings.